The number of hydrogen-bond donors (Lipinski definition) is 1. The van der Waals surface area contributed by atoms with Crippen LogP contribution in [0.2, 0.25) is 0 Å². The normalized spacial score (nSPS) is 11.2. The molecule has 0 saturated carbocycles. The van der Waals surface area contributed by atoms with Gasteiger partial charge in [0.2, 0.25) is 0 Å². The summed E-state index contributed by atoms with van der Waals surface area (Å²) in [7, 11) is 0. The van der Waals surface area contributed by atoms with Gasteiger partial charge in [0.1, 0.15) is 9.88 Å². The van der Waals surface area contributed by atoms with Crippen molar-refractivity contribution in [3.05, 3.63) is 64.8 Å². The predicted molar refractivity (Wildman–Crippen MR) is 100 cm³/mol. The quantitative estimate of drug-likeness (QED) is 0.621. The van der Waals surface area contributed by atoms with Crippen LogP contribution in [0.4, 0.5) is 18.9 Å². The molecule has 0 aliphatic rings. The standard InChI is InChI=1S/C19H14F3N3O3S/c1-11-16(29-17(24-11)14-4-2-3-9-23-14)18(27)28-10-15(26)25-13-7-5-12(6-8-13)19(20,21)22/h2-9H,10H2,1H3,(H,25,26). The number of carbonyl (C=O) groups excluding carboxylic acids is 2. The van der Waals surface area contributed by atoms with Crippen LogP contribution in [0.5, 0.6) is 0 Å². The summed E-state index contributed by atoms with van der Waals surface area (Å²) < 4.78 is 42.6. The molecule has 0 aliphatic heterocycles. The van der Waals surface area contributed by atoms with Crippen molar-refractivity contribution in [2.75, 3.05) is 11.9 Å². The number of pyridine rings is 1. The van der Waals surface area contributed by atoms with Crippen LogP contribution in [0.25, 0.3) is 10.7 Å². The third-order valence-corrected chi connectivity index (χ3v) is 4.86. The predicted octanol–water partition coefficient (Wildman–Crippen LogP) is 4.33. The third kappa shape index (κ3) is 5.17. The van der Waals surface area contributed by atoms with Gasteiger partial charge in [-0.1, -0.05) is 6.07 Å². The topological polar surface area (TPSA) is 81.2 Å². The highest BCUT2D eigenvalue weighted by Gasteiger charge is 2.30. The van der Waals surface area contributed by atoms with Crippen molar-refractivity contribution >= 4 is 28.9 Å². The van der Waals surface area contributed by atoms with E-state index in [2.05, 4.69) is 15.3 Å². The summed E-state index contributed by atoms with van der Waals surface area (Å²) in [6, 6.07) is 9.24. The Morgan fingerprint density at radius 2 is 1.86 bits per heavy atom. The molecule has 0 aliphatic carbocycles. The zero-order chi connectivity index (χ0) is 21.0. The van der Waals surface area contributed by atoms with E-state index in [1.54, 1.807) is 31.3 Å². The molecule has 0 bridgehead atoms. The highest BCUT2D eigenvalue weighted by atomic mass is 32.1. The fourth-order valence-electron chi connectivity index (χ4n) is 2.32. The number of hydrogen-bond acceptors (Lipinski definition) is 6. The second-order valence-electron chi connectivity index (χ2n) is 5.85. The number of anilines is 1. The summed E-state index contributed by atoms with van der Waals surface area (Å²) in [6.07, 6.45) is -2.85. The number of alkyl halides is 3. The van der Waals surface area contributed by atoms with E-state index in [9.17, 15) is 22.8 Å². The molecule has 3 rings (SSSR count). The molecule has 150 valence electrons. The lowest BCUT2D eigenvalue weighted by atomic mass is 10.2. The van der Waals surface area contributed by atoms with Gasteiger partial charge in [-0.05, 0) is 43.3 Å². The molecular formula is C19H14F3N3O3S. The fraction of sp³-hybridized carbons (Fsp3) is 0.158. The van der Waals surface area contributed by atoms with Gasteiger partial charge < -0.3 is 10.1 Å². The largest absolute Gasteiger partial charge is 0.451 e. The van der Waals surface area contributed by atoms with Crippen LogP contribution in [0.15, 0.2) is 48.7 Å². The van der Waals surface area contributed by atoms with Gasteiger partial charge in [0, 0.05) is 11.9 Å². The molecule has 1 aromatic carbocycles. The summed E-state index contributed by atoms with van der Waals surface area (Å²) >= 11 is 1.09. The van der Waals surface area contributed by atoms with Crippen molar-refractivity contribution in [2.24, 2.45) is 0 Å². The summed E-state index contributed by atoms with van der Waals surface area (Å²) in [5.74, 6) is -1.39. The first-order chi connectivity index (χ1) is 13.7. The zero-order valence-corrected chi connectivity index (χ0v) is 15.8. The van der Waals surface area contributed by atoms with Gasteiger partial charge in [-0.3, -0.25) is 9.78 Å². The Morgan fingerprint density at radius 1 is 1.14 bits per heavy atom. The summed E-state index contributed by atoms with van der Waals surface area (Å²) in [4.78, 5) is 32.9. The van der Waals surface area contributed by atoms with Gasteiger partial charge in [0.15, 0.2) is 6.61 Å². The second-order valence-corrected chi connectivity index (χ2v) is 6.85. The number of nitrogens with one attached hydrogen (secondary N) is 1. The first-order valence-electron chi connectivity index (χ1n) is 8.27. The summed E-state index contributed by atoms with van der Waals surface area (Å²) in [6.45, 7) is 1.05. The minimum Gasteiger partial charge on any atom is -0.451 e. The van der Waals surface area contributed by atoms with Crippen LogP contribution in [-0.2, 0) is 15.7 Å². The molecule has 1 amide bonds. The lowest BCUT2D eigenvalue weighted by molar-refractivity contribution is -0.137. The van der Waals surface area contributed by atoms with Crippen LogP contribution < -0.4 is 5.32 Å². The van der Waals surface area contributed by atoms with Gasteiger partial charge >= 0.3 is 12.1 Å². The highest BCUT2D eigenvalue weighted by Crippen LogP contribution is 2.30. The van der Waals surface area contributed by atoms with Crippen LogP contribution in [0.3, 0.4) is 0 Å². The van der Waals surface area contributed by atoms with Crippen LogP contribution in [0.1, 0.15) is 20.9 Å². The molecule has 0 radical (unpaired) electrons. The fourth-order valence-corrected chi connectivity index (χ4v) is 3.26. The number of ether oxygens (including phenoxy) is 1. The van der Waals surface area contributed by atoms with Crippen molar-refractivity contribution in [2.45, 2.75) is 13.1 Å². The number of halogens is 3. The van der Waals surface area contributed by atoms with Gasteiger partial charge in [0.05, 0.1) is 17.0 Å². The number of benzene rings is 1. The van der Waals surface area contributed by atoms with Gasteiger partial charge in [-0.15, -0.1) is 11.3 Å². The first kappa shape index (κ1) is 20.5. The maximum Gasteiger partial charge on any atom is 0.416 e. The average molecular weight is 421 g/mol. The molecule has 10 heteroatoms. The SMILES string of the molecule is Cc1nc(-c2ccccn2)sc1C(=O)OCC(=O)Nc1ccc(C(F)(F)F)cc1. The molecule has 0 atom stereocenters. The van der Waals surface area contributed by atoms with E-state index in [1.807, 2.05) is 0 Å². The van der Waals surface area contributed by atoms with Crippen molar-refractivity contribution in [3.63, 3.8) is 0 Å². The smallest absolute Gasteiger partial charge is 0.416 e. The maximum absolute atomic E-state index is 12.5. The molecule has 29 heavy (non-hydrogen) atoms. The molecule has 0 fully saturated rings. The van der Waals surface area contributed by atoms with Crippen molar-refractivity contribution in [1.29, 1.82) is 0 Å². The number of thiazole rings is 1. The van der Waals surface area contributed by atoms with Crippen molar-refractivity contribution < 1.29 is 27.5 Å². The Morgan fingerprint density at radius 3 is 2.48 bits per heavy atom. The Kier molecular flexibility index (Phi) is 5.92. The molecule has 6 nitrogen and oxygen atoms in total. The monoisotopic (exact) mass is 421 g/mol. The Balaban J connectivity index is 1.58. The summed E-state index contributed by atoms with van der Waals surface area (Å²) in [5, 5.41) is 2.91. The van der Waals surface area contributed by atoms with E-state index < -0.39 is 30.2 Å². The number of rotatable bonds is 5. The number of aryl methyl sites for hydroxylation is 1. The minimum absolute atomic E-state index is 0.158. The minimum atomic E-state index is -4.46. The van der Waals surface area contributed by atoms with Crippen LogP contribution in [-0.4, -0.2) is 28.5 Å². The Bertz CT molecular complexity index is 1020. The molecule has 1 N–H and O–H groups in total. The van der Waals surface area contributed by atoms with E-state index in [-0.39, 0.29) is 10.6 Å². The second kappa shape index (κ2) is 8.39. The zero-order valence-electron chi connectivity index (χ0n) is 15.0. The summed E-state index contributed by atoms with van der Waals surface area (Å²) in [5.41, 5.74) is 0.389. The average Bonchev–Trinajstić information content (AvgIpc) is 3.08. The number of nitrogens with zero attached hydrogens (tertiary/aromatic N) is 2. The third-order valence-electron chi connectivity index (χ3n) is 3.70. The Labute approximate surface area is 167 Å². The van der Waals surface area contributed by atoms with Crippen molar-refractivity contribution in [3.8, 4) is 10.7 Å². The molecule has 2 aromatic heterocycles. The van der Waals surface area contributed by atoms with E-state index in [0.717, 1.165) is 35.6 Å². The Hall–Kier alpha value is -3.27. The van der Waals surface area contributed by atoms with E-state index in [0.29, 0.717) is 16.4 Å². The molecule has 3 aromatic rings. The van der Waals surface area contributed by atoms with Crippen molar-refractivity contribution in [1.82, 2.24) is 9.97 Å². The molecular weight excluding hydrogens is 407 g/mol. The highest BCUT2D eigenvalue weighted by molar-refractivity contribution is 7.17. The number of aromatic nitrogens is 2. The van der Waals surface area contributed by atoms with E-state index in [4.69, 9.17) is 4.74 Å². The van der Waals surface area contributed by atoms with Crippen LogP contribution >= 0.6 is 11.3 Å². The molecule has 0 unspecified atom stereocenters. The molecule has 2 heterocycles. The van der Waals surface area contributed by atoms with Crippen LogP contribution in [0, 0.1) is 6.92 Å². The van der Waals surface area contributed by atoms with E-state index in [1.165, 1.54) is 0 Å². The number of amides is 1. The van der Waals surface area contributed by atoms with Gasteiger partial charge in [0.25, 0.3) is 5.91 Å². The lowest BCUT2D eigenvalue weighted by Gasteiger charge is -2.09. The van der Waals surface area contributed by atoms with E-state index >= 15 is 0 Å². The first-order valence-corrected chi connectivity index (χ1v) is 9.09. The van der Waals surface area contributed by atoms with Gasteiger partial charge in [-0.2, -0.15) is 13.2 Å². The molecule has 0 saturated heterocycles. The number of carbonyl (C=O) groups is 2. The van der Waals surface area contributed by atoms with Gasteiger partial charge in [-0.25, -0.2) is 9.78 Å². The lowest BCUT2D eigenvalue weighted by Crippen LogP contribution is -2.21. The maximum atomic E-state index is 12.5. The molecule has 0 spiro atoms. The number of esters is 1.